The topological polar surface area (TPSA) is 67.8 Å². The molecule has 1 saturated heterocycles. The smallest absolute Gasteiger partial charge is 0.416 e. The number of nitrogens with one attached hydrogen (secondary N) is 2. The highest BCUT2D eigenvalue weighted by molar-refractivity contribution is 7.99. The Hall–Kier alpha value is -2.59. The van der Waals surface area contributed by atoms with Gasteiger partial charge in [0, 0.05) is 47.6 Å². The summed E-state index contributed by atoms with van der Waals surface area (Å²) in [5.74, 6) is 0. The Bertz CT molecular complexity index is 1080. The Morgan fingerprint density at radius 3 is 2.49 bits per heavy atom. The molecule has 0 aromatic heterocycles. The SMILES string of the molecule is CC(C)(C)N(CCN1CCC(Nc2cc(C(F)(F)F)cc3c2Nc2ccccc2S3)CC1)C(=O)O. The van der Waals surface area contributed by atoms with Crippen LogP contribution in [0.5, 0.6) is 0 Å². The van der Waals surface area contributed by atoms with Crippen LogP contribution in [-0.2, 0) is 6.18 Å². The van der Waals surface area contributed by atoms with Gasteiger partial charge in [0.15, 0.2) is 0 Å². The van der Waals surface area contributed by atoms with E-state index in [0.717, 1.165) is 36.5 Å². The molecule has 2 aromatic carbocycles. The summed E-state index contributed by atoms with van der Waals surface area (Å²) in [6.07, 6.45) is -3.85. The maximum absolute atomic E-state index is 13.6. The molecule has 2 heterocycles. The Morgan fingerprint density at radius 1 is 1.17 bits per heavy atom. The van der Waals surface area contributed by atoms with Crippen molar-refractivity contribution in [2.45, 2.75) is 61.2 Å². The normalized spacial score (nSPS) is 16.7. The van der Waals surface area contributed by atoms with Crippen molar-refractivity contribution in [1.82, 2.24) is 9.80 Å². The molecule has 0 unspecified atom stereocenters. The van der Waals surface area contributed by atoms with Crippen molar-refractivity contribution in [3.8, 4) is 0 Å². The van der Waals surface area contributed by atoms with Crippen LogP contribution in [0.2, 0.25) is 0 Å². The Balaban J connectivity index is 1.44. The summed E-state index contributed by atoms with van der Waals surface area (Å²) in [5, 5.41) is 16.2. The van der Waals surface area contributed by atoms with Gasteiger partial charge in [-0.1, -0.05) is 23.9 Å². The number of para-hydroxylation sites is 1. The van der Waals surface area contributed by atoms with Gasteiger partial charge in [-0.25, -0.2) is 4.79 Å². The zero-order valence-electron chi connectivity index (χ0n) is 20.1. The number of carbonyl (C=O) groups is 1. The average molecular weight is 509 g/mol. The first-order valence-electron chi connectivity index (χ1n) is 11.7. The highest BCUT2D eigenvalue weighted by atomic mass is 32.2. The lowest BCUT2D eigenvalue weighted by Gasteiger charge is -2.37. The number of benzene rings is 2. The summed E-state index contributed by atoms with van der Waals surface area (Å²) in [6.45, 7) is 8.17. The summed E-state index contributed by atoms with van der Waals surface area (Å²) in [4.78, 5) is 16.7. The fourth-order valence-electron chi connectivity index (χ4n) is 4.49. The molecule has 10 heteroatoms. The molecule has 1 amide bonds. The first-order valence-corrected chi connectivity index (χ1v) is 12.5. The maximum atomic E-state index is 13.6. The minimum absolute atomic E-state index is 0.0287. The van der Waals surface area contributed by atoms with Crippen molar-refractivity contribution in [1.29, 1.82) is 0 Å². The van der Waals surface area contributed by atoms with Gasteiger partial charge >= 0.3 is 12.3 Å². The maximum Gasteiger partial charge on any atom is 0.416 e. The zero-order chi connectivity index (χ0) is 25.4. The Morgan fingerprint density at radius 2 is 1.86 bits per heavy atom. The highest BCUT2D eigenvalue weighted by Gasteiger charge is 2.34. The van der Waals surface area contributed by atoms with E-state index in [4.69, 9.17) is 0 Å². The second-order valence-electron chi connectivity index (χ2n) is 9.98. The summed E-state index contributed by atoms with van der Waals surface area (Å²) in [7, 11) is 0. The number of amides is 1. The lowest BCUT2D eigenvalue weighted by molar-refractivity contribution is -0.137. The quantitative estimate of drug-likeness (QED) is 0.362. The van der Waals surface area contributed by atoms with Gasteiger partial charge in [-0.05, 0) is 57.9 Å². The standard InChI is InChI=1S/C25H31F3N4O2S/c1-24(2,3)32(23(33)34)13-12-31-10-8-17(9-11-31)29-19-14-16(25(26,27)28)15-21-22(19)30-18-6-4-5-7-20(18)35-21/h4-7,14-15,17,29-30H,8-13H2,1-3H3,(H,33,34). The van der Waals surface area contributed by atoms with Crippen LogP contribution >= 0.6 is 11.8 Å². The van der Waals surface area contributed by atoms with Gasteiger partial charge in [0.2, 0.25) is 0 Å². The molecule has 0 radical (unpaired) electrons. The molecule has 0 atom stereocenters. The van der Waals surface area contributed by atoms with E-state index < -0.39 is 23.4 Å². The molecule has 3 N–H and O–H groups in total. The molecule has 0 bridgehead atoms. The molecule has 4 rings (SSSR count). The van der Waals surface area contributed by atoms with Crippen LogP contribution < -0.4 is 10.6 Å². The largest absolute Gasteiger partial charge is 0.465 e. The minimum atomic E-state index is -4.44. The lowest BCUT2D eigenvalue weighted by atomic mass is 10.0. The number of likely N-dealkylation sites (tertiary alicyclic amines) is 1. The third-order valence-electron chi connectivity index (χ3n) is 6.42. The first kappa shape index (κ1) is 25.5. The molecule has 190 valence electrons. The molecule has 0 aliphatic carbocycles. The monoisotopic (exact) mass is 508 g/mol. The van der Waals surface area contributed by atoms with Gasteiger partial charge in [-0.2, -0.15) is 13.2 Å². The van der Waals surface area contributed by atoms with E-state index in [2.05, 4.69) is 15.5 Å². The van der Waals surface area contributed by atoms with Crippen LogP contribution in [0.15, 0.2) is 46.2 Å². The zero-order valence-corrected chi connectivity index (χ0v) is 20.9. The fraction of sp³-hybridized carbons (Fsp3) is 0.480. The number of hydrogen-bond acceptors (Lipinski definition) is 5. The van der Waals surface area contributed by atoms with Crippen molar-refractivity contribution < 1.29 is 23.1 Å². The number of nitrogens with zero attached hydrogens (tertiary/aromatic N) is 2. The van der Waals surface area contributed by atoms with Crippen LogP contribution in [0.4, 0.5) is 35.0 Å². The summed E-state index contributed by atoms with van der Waals surface area (Å²) >= 11 is 1.34. The molecular formula is C25H31F3N4O2S. The van der Waals surface area contributed by atoms with Gasteiger partial charge in [0.1, 0.15) is 0 Å². The number of alkyl halides is 3. The van der Waals surface area contributed by atoms with Crippen LogP contribution in [-0.4, -0.2) is 58.8 Å². The second-order valence-corrected chi connectivity index (χ2v) is 11.1. The molecule has 6 nitrogen and oxygen atoms in total. The van der Waals surface area contributed by atoms with Gasteiger partial charge in [-0.3, -0.25) is 0 Å². The Kier molecular flexibility index (Phi) is 7.15. The number of anilines is 3. The Labute approximate surface area is 207 Å². The van der Waals surface area contributed by atoms with Crippen LogP contribution in [0.25, 0.3) is 0 Å². The number of hydrogen-bond donors (Lipinski definition) is 3. The molecule has 0 saturated carbocycles. The van der Waals surface area contributed by atoms with Crippen molar-refractivity contribution in [3.63, 3.8) is 0 Å². The third kappa shape index (κ3) is 5.98. The highest BCUT2D eigenvalue weighted by Crippen LogP contribution is 2.49. The molecule has 35 heavy (non-hydrogen) atoms. The summed E-state index contributed by atoms with van der Waals surface area (Å²) in [5.41, 5.74) is 0.870. The van der Waals surface area contributed by atoms with Crippen molar-refractivity contribution in [2.24, 2.45) is 0 Å². The summed E-state index contributed by atoms with van der Waals surface area (Å²) in [6, 6.07) is 10.0. The van der Waals surface area contributed by atoms with Crippen LogP contribution in [0.3, 0.4) is 0 Å². The van der Waals surface area contributed by atoms with Crippen molar-refractivity contribution in [3.05, 3.63) is 42.0 Å². The molecule has 2 aliphatic heterocycles. The lowest BCUT2D eigenvalue weighted by Crippen LogP contribution is -2.49. The van der Waals surface area contributed by atoms with E-state index in [-0.39, 0.29) is 6.04 Å². The molecule has 2 aliphatic rings. The molecule has 0 spiro atoms. The third-order valence-corrected chi connectivity index (χ3v) is 7.54. The number of rotatable bonds is 5. The number of halogens is 3. The van der Waals surface area contributed by atoms with Gasteiger partial charge in [0.05, 0.1) is 22.6 Å². The predicted molar refractivity (Wildman–Crippen MR) is 133 cm³/mol. The molecular weight excluding hydrogens is 477 g/mol. The summed E-state index contributed by atoms with van der Waals surface area (Å²) < 4.78 is 40.9. The van der Waals surface area contributed by atoms with Crippen molar-refractivity contribution in [2.75, 3.05) is 36.8 Å². The number of fused-ring (bicyclic) bond motifs is 2. The van der Waals surface area contributed by atoms with E-state index in [1.54, 1.807) is 0 Å². The molecule has 2 aromatic rings. The second kappa shape index (κ2) is 9.81. The van der Waals surface area contributed by atoms with Gasteiger partial charge < -0.3 is 25.5 Å². The average Bonchev–Trinajstić information content (AvgIpc) is 2.77. The fourth-order valence-corrected chi connectivity index (χ4v) is 5.56. The predicted octanol–water partition coefficient (Wildman–Crippen LogP) is 6.57. The van der Waals surface area contributed by atoms with E-state index in [0.29, 0.717) is 29.4 Å². The number of piperidine rings is 1. The van der Waals surface area contributed by atoms with E-state index >= 15 is 0 Å². The minimum Gasteiger partial charge on any atom is -0.465 e. The first-order chi connectivity index (χ1) is 16.4. The van der Waals surface area contributed by atoms with Crippen molar-refractivity contribution >= 4 is 34.9 Å². The number of carboxylic acid groups (broad SMARTS) is 1. The van der Waals surface area contributed by atoms with E-state index in [9.17, 15) is 23.1 Å². The molecule has 1 fully saturated rings. The van der Waals surface area contributed by atoms with Crippen LogP contribution in [0, 0.1) is 0 Å². The van der Waals surface area contributed by atoms with E-state index in [1.807, 2.05) is 45.0 Å². The van der Waals surface area contributed by atoms with Gasteiger partial charge in [0.25, 0.3) is 0 Å². The van der Waals surface area contributed by atoms with Gasteiger partial charge in [-0.15, -0.1) is 0 Å². The van der Waals surface area contributed by atoms with E-state index in [1.165, 1.54) is 28.8 Å². The van der Waals surface area contributed by atoms with Crippen LogP contribution in [0.1, 0.15) is 39.2 Å².